The maximum Gasteiger partial charge on any atom is 0.136 e. The van der Waals surface area contributed by atoms with Crippen LogP contribution in [0.5, 0.6) is 0 Å². The lowest BCUT2D eigenvalue weighted by molar-refractivity contribution is 0.688. The van der Waals surface area contributed by atoms with Gasteiger partial charge in [0.15, 0.2) is 0 Å². The summed E-state index contributed by atoms with van der Waals surface area (Å²) in [5.74, 6) is 0. The maximum atomic E-state index is 10.8. The van der Waals surface area contributed by atoms with Gasteiger partial charge in [0, 0.05) is 18.0 Å². The van der Waals surface area contributed by atoms with E-state index < -0.39 is 11.0 Å². The van der Waals surface area contributed by atoms with E-state index in [4.69, 9.17) is 11.6 Å². The zero-order valence-electron chi connectivity index (χ0n) is 7.32. The van der Waals surface area contributed by atoms with Crippen molar-refractivity contribution < 1.29 is 4.21 Å². The van der Waals surface area contributed by atoms with Gasteiger partial charge in [0.1, 0.15) is 16.1 Å². The zero-order valence-corrected chi connectivity index (χ0v) is 8.89. The first-order valence-electron chi connectivity index (χ1n) is 3.60. The Kier molecular flexibility index (Phi) is 3.57. The van der Waals surface area contributed by atoms with Crippen LogP contribution in [0.2, 0.25) is 5.15 Å². The fourth-order valence-electron chi connectivity index (χ4n) is 0.835. The van der Waals surface area contributed by atoms with Crippen molar-refractivity contribution in [2.24, 2.45) is 4.40 Å². The van der Waals surface area contributed by atoms with Gasteiger partial charge < -0.3 is 0 Å². The van der Waals surface area contributed by atoms with E-state index in [-0.39, 0.29) is 0 Å². The summed E-state index contributed by atoms with van der Waals surface area (Å²) in [6, 6.07) is 3.47. The highest BCUT2D eigenvalue weighted by atomic mass is 35.5. The Hall–Kier alpha value is -0.740. The molecule has 1 rings (SSSR count). The third-order valence-corrected chi connectivity index (χ3v) is 2.17. The minimum atomic E-state index is -1.17. The third-order valence-electron chi connectivity index (χ3n) is 1.41. The molecule has 0 aromatic carbocycles. The Morgan fingerprint density at radius 3 is 2.77 bits per heavy atom. The van der Waals surface area contributed by atoms with Gasteiger partial charge >= 0.3 is 0 Å². The number of hydrogen-bond donors (Lipinski definition) is 0. The Labute approximate surface area is 84.5 Å². The minimum Gasteiger partial charge on any atom is -0.244 e. The Bertz CT molecular complexity index is 348. The molecule has 1 aromatic heterocycles. The van der Waals surface area contributed by atoms with Crippen molar-refractivity contribution in [2.45, 2.75) is 6.92 Å². The molecule has 0 aliphatic heterocycles. The molecule has 0 aliphatic carbocycles. The van der Waals surface area contributed by atoms with Crippen molar-refractivity contribution in [2.75, 3.05) is 6.26 Å². The average molecular weight is 217 g/mol. The van der Waals surface area contributed by atoms with Gasteiger partial charge in [0.2, 0.25) is 0 Å². The van der Waals surface area contributed by atoms with Gasteiger partial charge in [-0.3, -0.25) is 0 Å². The second kappa shape index (κ2) is 4.48. The van der Waals surface area contributed by atoms with Crippen LogP contribution in [-0.4, -0.2) is 21.2 Å². The molecule has 1 aromatic rings. The number of aromatic nitrogens is 1. The van der Waals surface area contributed by atoms with Gasteiger partial charge in [0.05, 0.1) is 5.71 Å². The summed E-state index contributed by atoms with van der Waals surface area (Å²) < 4.78 is 14.7. The number of nitrogens with zero attached hydrogens (tertiary/aromatic N) is 2. The van der Waals surface area contributed by atoms with Crippen LogP contribution in [0, 0.1) is 0 Å². The van der Waals surface area contributed by atoms with Gasteiger partial charge in [-0.25, -0.2) is 9.19 Å². The second-order valence-corrected chi connectivity index (χ2v) is 3.89. The summed E-state index contributed by atoms with van der Waals surface area (Å²) in [7, 11) is -1.17. The van der Waals surface area contributed by atoms with Crippen LogP contribution in [0.1, 0.15) is 12.5 Å². The highest BCUT2D eigenvalue weighted by molar-refractivity contribution is 7.83. The van der Waals surface area contributed by atoms with E-state index in [0.717, 1.165) is 5.56 Å². The molecule has 5 heteroatoms. The first kappa shape index (κ1) is 10.3. The van der Waals surface area contributed by atoms with Gasteiger partial charge in [-0.05, 0) is 19.1 Å². The predicted molar refractivity (Wildman–Crippen MR) is 55.5 cm³/mol. The molecule has 0 spiro atoms. The summed E-state index contributed by atoms with van der Waals surface area (Å²) in [4.78, 5) is 3.89. The largest absolute Gasteiger partial charge is 0.244 e. The molecule has 1 atom stereocenters. The average Bonchev–Trinajstić information content (AvgIpc) is 2.04. The van der Waals surface area contributed by atoms with Crippen LogP contribution >= 0.6 is 11.6 Å². The van der Waals surface area contributed by atoms with Gasteiger partial charge in [-0.15, -0.1) is 0 Å². The molecule has 0 N–H and O–H groups in total. The molecule has 0 radical (unpaired) electrons. The normalized spacial score (nSPS) is 14.2. The maximum absolute atomic E-state index is 10.8. The molecule has 70 valence electrons. The molecule has 0 fully saturated rings. The van der Waals surface area contributed by atoms with Crippen molar-refractivity contribution in [3.63, 3.8) is 0 Å². The SMILES string of the molecule is C/C(=N/S(C)=O)c1ccc(Cl)nc1. The molecular formula is C8H9ClN2OS. The summed E-state index contributed by atoms with van der Waals surface area (Å²) in [6.45, 7) is 1.78. The molecule has 0 saturated carbocycles. The van der Waals surface area contributed by atoms with E-state index in [0.29, 0.717) is 10.9 Å². The molecule has 1 unspecified atom stereocenters. The third kappa shape index (κ3) is 3.24. The van der Waals surface area contributed by atoms with E-state index >= 15 is 0 Å². The van der Waals surface area contributed by atoms with Crippen LogP contribution < -0.4 is 0 Å². The van der Waals surface area contributed by atoms with Crippen molar-refractivity contribution in [1.29, 1.82) is 0 Å². The van der Waals surface area contributed by atoms with Crippen molar-refractivity contribution in [3.05, 3.63) is 29.0 Å². The number of pyridine rings is 1. The van der Waals surface area contributed by atoms with E-state index in [1.165, 1.54) is 6.26 Å². The smallest absolute Gasteiger partial charge is 0.136 e. The van der Waals surface area contributed by atoms with Gasteiger partial charge in [-0.1, -0.05) is 11.6 Å². The Morgan fingerprint density at radius 1 is 1.62 bits per heavy atom. The minimum absolute atomic E-state index is 0.439. The quantitative estimate of drug-likeness (QED) is 0.559. The molecule has 0 bridgehead atoms. The van der Waals surface area contributed by atoms with Gasteiger partial charge in [0.25, 0.3) is 0 Å². The highest BCUT2D eigenvalue weighted by Crippen LogP contribution is 2.06. The molecule has 0 saturated heterocycles. The second-order valence-electron chi connectivity index (χ2n) is 2.47. The summed E-state index contributed by atoms with van der Waals surface area (Å²) >= 11 is 5.61. The van der Waals surface area contributed by atoms with Crippen molar-refractivity contribution in [3.8, 4) is 0 Å². The van der Waals surface area contributed by atoms with Crippen molar-refractivity contribution in [1.82, 2.24) is 4.98 Å². The fourth-order valence-corrected chi connectivity index (χ4v) is 1.44. The number of hydrogen-bond acceptors (Lipinski definition) is 2. The van der Waals surface area contributed by atoms with Crippen LogP contribution in [0.3, 0.4) is 0 Å². The lowest BCUT2D eigenvalue weighted by atomic mass is 10.2. The summed E-state index contributed by atoms with van der Waals surface area (Å²) in [5.41, 5.74) is 1.53. The van der Waals surface area contributed by atoms with E-state index in [9.17, 15) is 4.21 Å². The van der Waals surface area contributed by atoms with Crippen LogP contribution in [0.4, 0.5) is 0 Å². The molecule has 3 nitrogen and oxygen atoms in total. The standard InChI is InChI=1S/C8H9ClN2OS/c1-6(11-13(2)12)7-3-4-8(9)10-5-7/h3-5H,1-2H3/b11-6-. The first-order chi connectivity index (χ1) is 6.09. The highest BCUT2D eigenvalue weighted by Gasteiger charge is 1.98. The van der Waals surface area contributed by atoms with Crippen LogP contribution in [0.25, 0.3) is 0 Å². The summed E-state index contributed by atoms with van der Waals surface area (Å²) in [5, 5.41) is 0.439. The lowest BCUT2D eigenvalue weighted by Gasteiger charge is -1.97. The summed E-state index contributed by atoms with van der Waals surface area (Å²) in [6.07, 6.45) is 3.13. The van der Waals surface area contributed by atoms with Crippen molar-refractivity contribution >= 4 is 28.3 Å². The zero-order chi connectivity index (χ0) is 9.84. The molecule has 13 heavy (non-hydrogen) atoms. The predicted octanol–water partition coefficient (Wildman–Crippen LogP) is 1.84. The Balaban J connectivity index is 2.96. The van der Waals surface area contributed by atoms with E-state index in [1.807, 2.05) is 0 Å². The Morgan fingerprint density at radius 2 is 2.31 bits per heavy atom. The molecule has 1 heterocycles. The van der Waals surface area contributed by atoms with E-state index in [1.54, 1.807) is 25.3 Å². The lowest BCUT2D eigenvalue weighted by Crippen LogP contribution is -1.97. The van der Waals surface area contributed by atoms with Crippen LogP contribution in [0.15, 0.2) is 22.7 Å². The van der Waals surface area contributed by atoms with Crippen LogP contribution in [-0.2, 0) is 11.0 Å². The molecule has 0 aliphatic rings. The topological polar surface area (TPSA) is 42.3 Å². The fraction of sp³-hybridized carbons (Fsp3) is 0.250. The molecular weight excluding hydrogens is 208 g/mol. The van der Waals surface area contributed by atoms with E-state index in [2.05, 4.69) is 9.38 Å². The van der Waals surface area contributed by atoms with Gasteiger partial charge in [-0.2, -0.15) is 4.40 Å². The molecule has 0 amide bonds. The monoisotopic (exact) mass is 216 g/mol. The first-order valence-corrected chi connectivity index (χ1v) is 5.49. The number of rotatable bonds is 2. The number of halogens is 1.